The summed E-state index contributed by atoms with van der Waals surface area (Å²) >= 11 is 0. The summed E-state index contributed by atoms with van der Waals surface area (Å²) in [7, 11) is 0. The third-order valence-corrected chi connectivity index (χ3v) is 12.3. The summed E-state index contributed by atoms with van der Waals surface area (Å²) in [6.45, 7) is 6.57. The maximum Gasteiger partial charge on any atom is 0.0492 e. The largest absolute Gasteiger partial charge is 0.340 e. The molecule has 0 N–H and O–H groups in total. The van der Waals surface area contributed by atoms with Crippen molar-refractivity contribution in [2.75, 3.05) is 9.80 Å². The van der Waals surface area contributed by atoms with E-state index >= 15 is 0 Å². The molecular formula is C58H52N4. The molecule has 4 heteroatoms. The van der Waals surface area contributed by atoms with Crippen LogP contribution in [-0.2, 0) is 13.1 Å². The second-order valence-corrected chi connectivity index (χ2v) is 16.3. The van der Waals surface area contributed by atoms with Gasteiger partial charge in [-0.3, -0.25) is 0 Å². The van der Waals surface area contributed by atoms with E-state index in [1.165, 1.54) is 56.5 Å². The SMILES string of the molecule is CCCCn1c2ccccc2c2cc(N(c3ccccc3)c3ccc(C=Cc4ccc(N(c5ccccc5)c5ccc6c(c5)c5ccccc5n6CCCC)cc4)cc3)ccc21. The van der Waals surface area contributed by atoms with Crippen molar-refractivity contribution in [3.05, 3.63) is 205 Å². The van der Waals surface area contributed by atoms with Crippen LogP contribution in [0.2, 0.25) is 0 Å². The minimum Gasteiger partial charge on any atom is -0.340 e. The Balaban J connectivity index is 0.937. The Morgan fingerprint density at radius 2 is 0.677 bits per heavy atom. The van der Waals surface area contributed by atoms with Crippen molar-refractivity contribution < 1.29 is 0 Å². The van der Waals surface area contributed by atoms with Crippen molar-refractivity contribution in [3.8, 4) is 0 Å². The second-order valence-electron chi connectivity index (χ2n) is 16.3. The molecule has 62 heavy (non-hydrogen) atoms. The third-order valence-electron chi connectivity index (χ3n) is 12.3. The van der Waals surface area contributed by atoms with Crippen molar-refractivity contribution in [2.45, 2.75) is 52.6 Å². The zero-order chi connectivity index (χ0) is 41.8. The van der Waals surface area contributed by atoms with Crippen LogP contribution in [0.5, 0.6) is 0 Å². The Kier molecular flexibility index (Phi) is 10.9. The summed E-state index contributed by atoms with van der Waals surface area (Å²) in [5.74, 6) is 0. The quantitative estimate of drug-likeness (QED) is 0.102. The first-order valence-electron chi connectivity index (χ1n) is 22.3. The van der Waals surface area contributed by atoms with Gasteiger partial charge < -0.3 is 18.9 Å². The number of hydrogen-bond donors (Lipinski definition) is 0. The molecule has 0 aliphatic rings. The molecule has 0 atom stereocenters. The molecule has 0 unspecified atom stereocenters. The van der Waals surface area contributed by atoms with Gasteiger partial charge in [-0.1, -0.05) is 136 Å². The number of unbranched alkanes of at least 4 members (excludes halogenated alkanes) is 2. The smallest absolute Gasteiger partial charge is 0.0492 e. The molecule has 304 valence electrons. The van der Waals surface area contributed by atoms with Crippen LogP contribution >= 0.6 is 0 Å². The lowest BCUT2D eigenvalue weighted by Gasteiger charge is -2.26. The molecule has 0 radical (unpaired) electrons. The molecule has 0 amide bonds. The van der Waals surface area contributed by atoms with E-state index in [0.717, 1.165) is 71.2 Å². The predicted octanol–water partition coefficient (Wildman–Crippen LogP) is 16.6. The molecule has 0 aliphatic heterocycles. The number of anilines is 6. The zero-order valence-electron chi connectivity index (χ0n) is 35.7. The van der Waals surface area contributed by atoms with Crippen LogP contribution in [-0.4, -0.2) is 9.13 Å². The fourth-order valence-corrected chi connectivity index (χ4v) is 9.19. The van der Waals surface area contributed by atoms with Gasteiger partial charge in [0.2, 0.25) is 0 Å². The second kappa shape index (κ2) is 17.4. The molecule has 10 rings (SSSR count). The van der Waals surface area contributed by atoms with Gasteiger partial charge in [0, 0.05) is 90.8 Å². The summed E-state index contributed by atoms with van der Waals surface area (Å²) in [6, 6.07) is 70.8. The first kappa shape index (κ1) is 38.9. The molecule has 0 saturated heterocycles. The van der Waals surface area contributed by atoms with Crippen molar-refractivity contribution >= 4 is 89.9 Å². The van der Waals surface area contributed by atoms with Crippen LogP contribution in [0.4, 0.5) is 34.1 Å². The minimum absolute atomic E-state index is 1.02. The summed E-state index contributed by atoms with van der Waals surface area (Å²) in [6.07, 6.45) is 9.08. The highest BCUT2D eigenvalue weighted by atomic mass is 15.1. The zero-order valence-corrected chi connectivity index (χ0v) is 35.7. The first-order valence-corrected chi connectivity index (χ1v) is 22.3. The van der Waals surface area contributed by atoms with Gasteiger partial charge in [-0.15, -0.1) is 0 Å². The number of aromatic nitrogens is 2. The lowest BCUT2D eigenvalue weighted by Crippen LogP contribution is -2.09. The van der Waals surface area contributed by atoms with Crippen LogP contribution < -0.4 is 9.80 Å². The molecule has 0 spiro atoms. The number of fused-ring (bicyclic) bond motifs is 6. The van der Waals surface area contributed by atoms with Crippen LogP contribution in [0.3, 0.4) is 0 Å². The summed E-state index contributed by atoms with van der Waals surface area (Å²) < 4.78 is 4.99. The Morgan fingerprint density at radius 3 is 1.08 bits per heavy atom. The molecule has 0 aliphatic carbocycles. The van der Waals surface area contributed by atoms with Gasteiger partial charge in [0.05, 0.1) is 0 Å². The van der Waals surface area contributed by atoms with Crippen LogP contribution in [0.15, 0.2) is 194 Å². The van der Waals surface area contributed by atoms with E-state index < -0.39 is 0 Å². The number of benzene rings is 8. The van der Waals surface area contributed by atoms with Crippen LogP contribution in [0, 0.1) is 0 Å². The summed E-state index contributed by atoms with van der Waals surface area (Å²) in [5, 5.41) is 5.19. The maximum absolute atomic E-state index is 2.49. The highest BCUT2D eigenvalue weighted by Gasteiger charge is 2.18. The van der Waals surface area contributed by atoms with Gasteiger partial charge in [-0.25, -0.2) is 0 Å². The van der Waals surface area contributed by atoms with E-state index in [1.54, 1.807) is 0 Å². The number of hydrogen-bond acceptors (Lipinski definition) is 2. The van der Waals surface area contributed by atoms with Crippen LogP contribution in [0.1, 0.15) is 50.7 Å². The average Bonchev–Trinajstić information content (AvgIpc) is 3.82. The number of para-hydroxylation sites is 4. The lowest BCUT2D eigenvalue weighted by atomic mass is 10.1. The summed E-state index contributed by atoms with van der Waals surface area (Å²) in [4.78, 5) is 4.73. The Bertz CT molecular complexity index is 2920. The van der Waals surface area contributed by atoms with E-state index in [4.69, 9.17) is 0 Å². The van der Waals surface area contributed by atoms with E-state index in [9.17, 15) is 0 Å². The fraction of sp³-hybridized carbons (Fsp3) is 0.138. The van der Waals surface area contributed by atoms with Crippen molar-refractivity contribution in [2.24, 2.45) is 0 Å². The highest BCUT2D eigenvalue weighted by Crippen LogP contribution is 2.41. The standard InChI is InChI=1S/C58H52N4/c1-3-5-39-59-55-23-15-13-21-51(55)53-41-49(35-37-57(53)59)61(45-17-9-7-10-18-45)47-31-27-43(28-32-47)25-26-44-29-33-48(34-30-44)62(46-19-11-8-12-20-46)50-36-38-58-54(42-50)52-22-14-16-24-56(52)60(58)40-6-4-2/h7-38,41-42H,3-6,39-40H2,1-2H3. The molecule has 8 aromatic carbocycles. The van der Waals surface area contributed by atoms with Gasteiger partial charge in [0.1, 0.15) is 0 Å². The van der Waals surface area contributed by atoms with E-state index in [2.05, 4.69) is 239 Å². The van der Waals surface area contributed by atoms with Gasteiger partial charge in [-0.05, 0) is 121 Å². The van der Waals surface area contributed by atoms with Gasteiger partial charge >= 0.3 is 0 Å². The van der Waals surface area contributed by atoms with E-state index in [0.29, 0.717) is 0 Å². The van der Waals surface area contributed by atoms with Crippen molar-refractivity contribution in [3.63, 3.8) is 0 Å². The van der Waals surface area contributed by atoms with E-state index in [1.807, 2.05) is 0 Å². The fourth-order valence-electron chi connectivity index (χ4n) is 9.19. The molecule has 0 saturated carbocycles. The number of aryl methyl sites for hydroxylation is 2. The van der Waals surface area contributed by atoms with Gasteiger partial charge in [0.15, 0.2) is 0 Å². The van der Waals surface area contributed by atoms with Gasteiger partial charge in [-0.2, -0.15) is 0 Å². The molecule has 0 fully saturated rings. The molecule has 10 aromatic rings. The highest BCUT2D eigenvalue weighted by molar-refractivity contribution is 6.10. The minimum atomic E-state index is 1.02. The predicted molar refractivity (Wildman–Crippen MR) is 267 cm³/mol. The normalized spacial score (nSPS) is 11.7. The molecular weight excluding hydrogens is 753 g/mol. The molecule has 0 bridgehead atoms. The third kappa shape index (κ3) is 7.43. The monoisotopic (exact) mass is 804 g/mol. The number of nitrogens with zero attached hydrogens (tertiary/aromatic N) is 4. The molecule has 2 heterocycles. The first-order chi connectivity index (χ1) is 30.7. The topological polar surface area (TPSA) is 16.3 Å². The van der Waals surface area contributed by atoms with E-state index in [-0.39, 0.29) is 0 Å². The van der Waals surface area contributed by atoms with Crippen molar-refractivity contribution in [1.82, 2.24) is 9.13 Å². The Morgan fingerprint density at radius 1 is 0.339 bits per heavy atom. The van der Waals surface area contributed by atoms with Gasteiger partial charge in [0.25, 0.3) is 0 Å². The Hall–Kier alpha value is -7.30. The average molecular weight is 805 g/mol. The Labute approximate surface area is 365 Å². The summed E-state index contributed by atoms with van der Waals surface area (Å²) in [5.41, 5.74) is 14.3. The lowest BCUT2D eigenvalue weighted by molar-refractivity contribution is 0.665. The maximum atomic E-state index is 2.49. The number of rotatable bonds is 14. The molecule has 4 nitrogen and oxygen atoms in total. The van der Waals surface area contributed by atoms with Crippen molar-refractivity contribution in [1.29, 1.82) is 0 Å². The molecule has 2 aromatic heterocycles. The van der Waals surface area contributed by atoms with Crippen LogP contribution in [0.25, 0.3) is 55.8 Å².